The molecule has 4 rings (SSSR count). The SMILES string of the molecule is O=C(c1ccc(F)c(F)c1)c1cc2cccc(Br)c2o1.O=Cc1cccc(Br)c1O. The number of phenolic OH excluding ortho intramolecular Hbond substituents is 1. The topological polar surface area (TPSA) is 67.5 Å². The lowest BCUT2D eigenvalue weighted by molar-refractivity contribution is 0.101. The van der Waals surface area contributed by atoms with Crippen LogP contribution < -0.4 is 0 Å². The fraction of sp³-hybridized carbons (Fsp3) is 0. The second-order valence-electron chi connectivity index (χ2n) is 6.02. The number of carbonyl (C=O) groups is 2. The normalized spacial score (nSPS) is 10.4. The van der Waals surface area contributed by atoms with Gasteiger partial charge in [-0.15, -0.1) is 0 Å². The number of para-hydroxylation sites is 2. The number of aldehydes is 1. The van der Waals surface area contributed by atoms with Crippen LogP contribution in [0.15, 0.2) is 74.0 Å². The lowest BCUT2D eigenvalue weighted by Gasteiger charge is -1.98. The Kier molecular flexibility index (Phi) is 6.79. The second kappa shape index (κ2) is 9.32. The molecule has 0 spiro atoms. The third-order valence-corrected chi connectivity index (χ3v) is 5.31. The minimum absolute atomic E-state index is 0.00231. The number of fused-ring (bicyclic) bond motifs is 1. The fourth-order valence-electron chi connectivity index (χ4n) is 2.55. The van der Waals surface area contributed by atoms with E-state index in [1.54, 1.807) is 36.4 Å². The van der Waals surface area contributed by atoms with Crippen molar-refractivity contribution in [3.8, 4) is 5.75 Å². The van der Waals surface area contributed by atoms with Crippen molar-refractivity contribution in [2.75, 3.05) is 0 Å². The van der Waals surface area contributed by atoms with Gasteiger partial charge in [-0.05, 0) is 74.3 Å². The molecule has 0 saturated heterocycles. The van der Waals surface area contributed by atoms with Gasteiger partial charge in [0.05, 0.1) is 14.5 Å². The van der Waals surface area contributed by atoms with Crippen molar-refractivity contribution in [3.63, 3.8) is 0 Å². The molecule has 0 unspecified atom stereocenters. The van der Waals surface area contributed by atoms with E-state index < -0.39 is 17.4 Å². The number of furan rings is 1. The van der Waals surface area contributed by atoms with Crippen LogP contribution in [0.25, 0.3) is 11.0 Å². The molecule has 1 aromatic heterocycles. The van der Waals surface area contributed by atoms with Gasteiger partial charge in [-0.3, -0.25) is 9.59 Å². The molecule has 0 aliphatic carbocycles. The molecule has 3 aromatic carbocycles. The molecule has 30 heavy (non-hydrogen) atoms. The Morgan fingerprint density at radius 2 is 1.63 bits per heavy atom. The number of rotatable bonds is 3. The molecule has 0 radical (unpaired) electrons. The lowest BCUT2D eigenvalue weighted by Crippen LogP contribution is -2.00. The molecule has 152 valence electrons. The minimum atomic E-state index is -1.06. The molecule has 0 amide bonds. The van der Waals surface area contributed by atoms with Gasteiger partial charge in [-0.25, -0.2) is 8.78 Å². The van der Waals surface area contributed by atoms with E-state index in [1.165, 1.54) is 6.07 Å². The van der Waals surface area contributed by atoms with Crippen molar-refractivity contribution >= 4 is 54.9 Å². The molecule has 4 nitrogen and oxygen atoms in total. The van der Waals surface area contributed by atoms with Crippen molar-refractivity contribution in [2.24, 2.45) is 0 Å². The van der Waals surface area contributed by atoms with Gasteiger partial charge < -0.3 is 9.52 Å². The van der Waals surface area contributed by atoms with Crippen LogP contribution in [-0.4, -0.2) is 17.2 Å². The largest absolute Gasteiger partial charge is 0.506 e. The molecule has 0 fully saturated rings. The zero-order chi connectivity index (χ0) is 21.8. The maximum atomic E-state index is 13.2. The smallest absolute Gasteiger partial charge is 0.228 e. The van der Waals surface area contributed by atoms with E-state index in [2.05, 4.69) is 31.9 Å². The minimum Gasteiger partial charge on any atom is -0.506 e. The number of phenols is 1. The number of hydrogen-bond acceptors (Lipinski definition) is 4. The summed E-state index contributed by atoms with van der Waals surface area (Å²) in [6.45, 7) is 0. The van der Waals surface area contributed by atoms with Crippen LogP contribution >= 0.6 is 31.9 Å². The molecule has 0 atom stereocenters. The first-order valence-electron chi connectivity index (χ1n) is 8.42. The van der Waals surface area contributed by atoms with E-state index >= 15 is 0 Å². The average molecular weight is 538 g/mol. The molecule has 8 heteroatoms. The number of halogens is 4. The number of ketones is 1. The highest BCUT2D eigenvalue weighted by molar-refractivity contribution is 9.11. The van der Waals surface area contributed by atoms with Crippen molar-refractivity contribution in [3.05, 3.63) is 98.1 Å². The Morgan fingerprint density at radius 1 is 0.933 bits per heavy atom. The Hall–Kier alpha value is -2.84. The third-order valence-electron chi connectivity index (χ3n) is 4.05. The van der Waals surface area contributed by atoms with E-state index in [-0.39, 0.29) is 17.1 Å². The monoisotopic (exact) mass is 536 g/mol. The molecular weight excluding hydrogens is 526 g/mol. The molecule has 1 N–H and O–H groups in total. The molecule has 4 aromatic rings. The van der Waals surface area contributed by atoms with E-state index in [0.29, 0.717) is 21.9 Å². The van der Waals surface area contributed by atoms with Crippen molar-refractivity contribution in [1.29, 1.82) is 0 Å². The average Bonchev–Trinajstić information content (AvgIpc) is 3.18. The summed E-state index contributed by atoms with van der Waals surface area (Å²) in [4.78, 5) is 22.4. The van der Waals surface area contributed by atoms with Gasteiger partial charge in [0.15, 0.2) is 23.7 Å². The summed E-state index contributed by atoms with van der Waals surface area (Å²) in [6, 6.07) is 14.9. The summed E-state index contributed by atoms with van der Waals surface area (Å²) in [5.41, 5.74) is 0.881. The Morgan fingerprint density at radius 3 is 2.27 bits per heavy atom. The molecule has 1 heterocycles. The van der Waals surface area contributed by atoms with Crippen molar-refractivity contribution in [1.82, 2.24) is 0 Å². The lowest BCUT2D eigenvalue weighted by atomic mass is 10.1. The zero-order valence-corrected chi connectivity index (χ0v) is 18.2. The number of benzene rings is 3. The van der Waals surface area contributed by atoms with Crippen LogP contribution in [0.2, 0.25) is 0 Å². The van der Waals surface area contributed by atoms with Crippen LogP contribution in [0.4, 0.5) is 8.78 Å². The third kappa shape index (κ3) is 4.66. The van der Waals surface area contributed by atoms with Gasteiger partial charge in [0.1, 0.15) is 11.3 Å². The molecule has 0 aliphatic rings. The number of hydrogen-bond donors (Lipinski definition) is 1. The van der Waals surface area contributed by atoms with E-state index in [9.17, 15) is 18.4 Å². The van der Waals surface area contributed by atoms with Gasteiger partial charge in [0, 0.05) is 10.9 Å². The van der Waals surface area contributed by atoms with Crippen molar-refractivity contribution < 1.29 is 27.9 Å². The quantitative estimate of drug-likeness (QED) is 0.234. The fourth-order valence-corrected chi connectivity index (χ4v) is 3.39. The van der Waals surface area contributed by atoms with Crippen LogP contribution in [-0.2, 0) is 0 Å². The summed E-state index contributed by atoms with van der Waals surface area (Å²) >= 11 is 6.40. The van der Waals surface area contributed by atoms with Gasteiger partial charge in [-0.1, -0.05) is 18.2 Å². The maximum absolute atomic E-state index is 13.2. The molecule has 0 bridgehead atoms. The van der Waals surface area contributed by atoms with Gasteiger partial charge in [-0.2, -0.15) is 0 Å². The highest BCUT2D eigenvalue weighted by Gasteiger charge is 2.17. The number of aromatic hydroxyl groups is 1. The maximum Gasteiger partial charge on any atom is 0.228 e. The Balaban J connectivity index is 0.000000216. The predicted molar refractivity (Wildman–Crippen MR) is 115 cm³/mol. The van der Waals surface area contributed by atoms with E-state index in [4.69, 9.17) is 9.52 Å². The van der Waals surface area contributed by atoms with Crippen LogP contribution in [0, 0.1) is 11.6 Å². The Bertz CT molecular complexity index is 1250. The van der Waals surface area contributed by atoms with Crippen LogP contribution in [0.3, 0.4) is 0 Å². The van der Waals surface area contributed by atoms with Crippen molar-refractivity contribution in [2.45, 2.75) is 0 Å². The highest BCUT2D eigenvalue weighted by Crippen LogP contribution is 2.28. The summed E-state index contributed by atoms with van der Waals surface area (Å²) in [7, 11) is 0. The predicted octanol–water partition coefficient (Wildman–Crippen LogP) is 6.67. The first-order chi connectivity index (χ1) is 14.3. The van der Waals surface area contributed by atoms with Crippen LogP contribution in [0.5, 0.6) is 5.75 Å². The highest BCUT2D eigenvalue weighted by atomic mass is 79.9. The van der Waals surface area contributed by atoms with E-state index in [0.717, 1.165) is 22.0 Å². The Labute approximate surface area is 186 Å². The first kappa shape index (κ1) is 21.9. The summed E-state index contributed by atoms with van der Waals surface area (Å²) in [5.74, 6) is -2.47. The molecule has 0 saturated carbocycles. The summed E-state index contributed by atoms with van der Waals surface area (Å²) in [5, 5.41) is 9.87. The van der Waals surface area contributed by atoms with Gasteiger partial charge in [0.25, 0.3) is 0 Å². The second-order valence-corrected chi connectivity index (χ2v) is 7.73. The summed E-state index contributed by atoms with van der Waals surface area (Å²) < 4.78 is 32.8. The van der Waals surface area contributed by atoms with Crippen LogP contribution in [0.1, 0.15) is 26.5 Å². The van der Waals surface area contributed by atoms with Gasteiger partial charge >= 0.3 is 0 Å². The first-order valence-corrected chi connectivity index (χ1v) is 10.0. The molecular formula is C22H12Br2F2O4. The van der Waals surface area contributed by atoms with Gasteiger partial charge in [0.2, 0.25) is 5.78 Å². The summed E-state index contributed by atoms with van der Waals surface area (Å²) in [6.07, 6.45) is 0.611. The molecule has 0 aliphatic heterocycles. The standard InChI is InChI=1S/C15H7BrF2O2.C7H5BrO2/c16-10-3-1-2-9-7-13(20-15(9)10)14(19)8-4-5-11(17)12(18)6-8;8-6-3-1-2-5(4-9)7(6)10/h1-7H;1-4,10H. The van der Waals surface area contributed by atoms with E-state index in [1.807, 2.05) is 6.07 Å². The number of carbonyl (C=O) groups excluding carboxylic acids is 2. The zero-order valence-electron chi connectivity index (χ0n) is 15.0.